The van der Waals surface area contributed by atoms with Gasteiger partial charge >= 0.3 is 0 Å². The zero-order valence-corrected chi connectivity index (χ0v) is 19.5. The number of rotatable bonds is 8. The molecule has 2 unspecified atom stereocenters. The molecule has 3 heteroatoms. The Kier molecular flexibility index (Phi) is 9.07. The van der Waals surface area contributed by atoms with E-state index < -0.39 is 0 Å². The van der Waals surface area contributed by atoms with E-state index in [9.17, 15) is 0 Å². The summed E-state index contributed by atoms with van der Waals surface area (Å²) >= 11 is 0. The third kappa shape index (κ3) is 6.50. The molecule has 2 rings (SSSR count). The third-order valence-electron chi connectivity index (χ3n) is 7.33. The van der Waals surface area contributed by atoms with E-state index in [2.05, 4.69) is 58.5 Å². The van der Waals surface area contributed by atoms with Gasteiger partial charge < -0.3 is 5.73 Å². The summed E-state index contributed by atoms with van der Waals surface area (Å²) in [6, 6.07) is 0. The predicted octanol–water partition coefficient (Wildman–Crippen LogP) is 6.66. The summed E-state index contributed by atoms with van der Waals surface area (Å²) in [5.41, 5.74) is 11.5. The van der Waals surface area contributed by atoms with E-state index in [1.165, 1.54) is 48.1 Å². The fraction of sp³-hybridized carbons (Fsp3) is 0.692. The first-order valence-electron chi connectivity index (χ1n) is 11.6. The molecule has 0 amide bonds. The second-order valence-corrected chi connectivity index (χ2v) is 9.54. The lowest BCUT2D eigenvalue weighted by Crippen LogP contribution is -2.31. The Hall–Kier alpha value is -1.48. The van der Waals surface area contributed by atoms with Crippen molar-refractivity contribution in [2.45, 2.75) is 91.5 Å². The van der Waals surface area contributed by atoms with Crippen molar-refractivity contribution in [2.24, 2.45) is 33.5 Å². The molecular weight excluding hydrogens is 354 g/mol. The van der Waals surface area contributed by atoms with Gasteiger partial charge in [-0.05, 0) is 109 Å². The molecule has 0 aliphatic heterocycles. The average Bonchev–Trinajstić information content (AvgIpc) is 2.70. The van der Waals surface area contributed by atoms with E-state index in [0.717, 1.165) is 32.2 Å². The van der Waals surface area contributed by atoms with Gasteiger partial charge in [-0.1, -0.05) is 31.1 Å². The van der Waals surface area contributed by atoms with Crippen molar-refractivity contribution in [1.82, 2.24) is 0 Å². The van der Waals surface area contributed by atoms with Gasteiger partial charge in [-0.25, -0.2) is 0 Å². The van der Waals surface area contributed by atoms with Gasteiger partial charge in [-0.2, -0.15) is 0 Å². The maximum absolute atomic E-state index is 5.81. The minimum Gasteiger partial charge on any atom is -0.330 e. The molecule has 0 bridgehead atoms. The summed E-state index contributed by atoms with van der Waals surface area (Å²) < 4.78 is 0. The topological polar surface area (TPSA) is 50.7 Å². The molecule has 1 saturated carbocycles. The lowest BCUT2D eigenvalue weighted by Gasteiger charge is -2.33. The Morgan fingerprint density at radius 1 is 1.31 bits per heavy atom. The van der Waals surface area contributed by atoms with Crippen LogP contribution in [0, 0.1) is 17.8 Å². The number of hydrogen-bond acceptors (Lipinski definition) is 3. The van der Waals surface area contributed by atoms with Gasteiger partial charge in [0.2, 0.25) is 0 Å². The van der Waals surface area contributed by atoms with Crippen LogP contribution in [0.1, 0.15) is 86.0 Å². The van der Waals surface area contributed by atoms with Crippen molar-refractivity contribution < 1.29 is 0 Å². The molecular formula is C26H43N3. The molecule has 0 aromatic rings. The van der Waals surface area contributed by atoms with Crippen molar-refractivity contribution in [3.8, 4) is 0 Å². The van der Waals surface area contributed by atoms with Crippen LogP contribution >= 0.6 is 0 Å². The molecule has 2 N–H and O–H groups in total. The molecule has 29 heavy (non-hydrogen) atoms. The molecule has 0 heterocycles. The maximum atomic E-state index is 5.81. The van der Waals surface area contributed by atoms with E-state index in [-0.39, 0.29) is 5.54 Å². The fourth-order valence-electron chi connectivity index (χ4n) is 4.89. The summed E-state index contributed by atoms with van der Waals surface area (Å²) in [5.74, 6) is 1.73. The quantitative estimate of drug-likeness (QED) is 0.361. The molecule has 162 valence electrons. The molecule has 2 atom stereocenters. The monoisotopic (exact) mass is 397 g/mol. The van der Waals surface area contributed by atoms with Crippen LogP contribution in [0.25, 0.3) is 0 Å². The standard InChI is InChI=1S/C26H43N3/c1-7-23-17-24(21(4)25(28-6)20(23)3)10-8-9-19(2)13-16-29-26(5)14-11-22(18-27)12-15-26/h10,13,16,21-23H,6-9,11-12,14-15,17-18,27H2,1-5H3/b19-13+,24-10-,29-16-. The molecule has 0 aromatic heterocycles. The van der Waals surface area contributed by atoms with Crippen molar-refractivity contribution in [1.29, 1.82) is 0 Å². The average molecular weight is 398 g/mol. The molecule has 0 saturated heterocycles. The molecule has 2 aliphatic rings. The highest BCUT2D eigenvalue weighted by molar-refractivity contribution is 5.72. The zero-order chi connectivity index (χ0) is 21.4. The summed E-state index contributed by atoms with van der Waals surface area (Å²) in [6.45, 7) is 15.9. The summed E-state index contributed by atoms with van der Waals surface area (Å²) in [4.78, 5) is 9.26. The van der Waals surface area contributed by atoms with Gasteiger partial charge in [0.15, 0.2) is 0 Å². The first kappa shape index (κ1) is 23.8. The first-order chi connectivity index (χ1) is 13.8. The minimum atomic E-state index is 0.107. The van der Waals surface area contributed by atoms with Gasteiger partial charge in [0, 0.05) is 17.8 Å². The van der Waals surface area contributed by atoms with Gasteiger partial charge in [0.25, 0.3) is 0 Å². The van der Waals surface area contributed by atoms with Crippen molar-refractivity contribution in [3.05, 3.63) is 34.6 Å². The molecule has 0 spiro atoms. The largest absolute Gasteiger partial charge is 0.330 e. The summed E-state index contributed by atoms with van der Waals surface area (Å²) in [7, 11) is 0. The van der Waals surface area contributed by atoms with Crippen molar-refractivity contribution in [3.63, 3.8) is 0 Å². The predicted molar refractivity (Wildman–Crippen MR) is 129 cm³/mol. The van der Waals surface area contributed by atoms with E-state index >= 15 is 0 Å². The normalized spacial score (nSPS) is 33.0. The maximum Gasteiger partial charge on any atom is 0.0580 e. The molecule has 0 radical (unpaired) electrons. The summed E-state index contributed by atoms with van der Waals surface area (Å²) in [6.07, 6.45) is 16.0. The number of nitrogens with zero attached hydrogens (tertiary/aromatic N) is 2. The van der Waals surface area contributed by atoms with Crippen LogP contribution in [0.5, 0.6) is 0 Å². The van der Waals surface area contributed by atoms with Gasteiger partial charge in [-0.3, -0.25) is 9.98 Å². The molecule has 3 nitrogen and oxygen atoms in total. The zero-order valence-electron chi connectivity index (χ0n) is 19.5. The van der Waals surface area contributed by atoms with Gasteiger partial charge in [0.05, 0.1) is 5.54 Å². The Labute approximate surface area is 179 Å². The Morgan fingerprint density at radius 3 is 2.59 bits per heavy atom. The number of nitrogens with two attached hydrogens (primary N) is 1. The Morgan fingerprint density at radius 2 is 2.00 bits per heavy atom. The lowest BCUT2D eigenvalue weighted by molar-refractivity contribution is 0.258. The van der Waals surface area contributed by atoms with Crippen LogP contribution in [-0.2, 0) is 0 Å². The van der Waals surface area contributed by atoms with Gasteiger partial charge in [-0.15, -0.1) is 0 Å². The Bertz CT molecular complexity index is 672. The SMILES string of the molecule is C=NC1=C(C)C(CC)C/C(=C/CC/C(C)=C/C=N\C2(C)CCC(CN)CC2)C1C. The second-order valence-electron chi connectivity index (χ2n) is 9.54. The molecule has 2 aliphatic carbocycles. The first-order valence-corrected chi connectivity index (χ1v) is 11.6. The van der Waals surface area contributed by atoms with Crippen molar-refractivity contribution in [2.75, 3.05) is 6.54 Å². The van der Waals surface area contributed by atoms with Crippen LogP contribution in [-0.4, -0.2) is 25.0 Å². The summed E-state index contributed by atoms with van der Waals surface area (Å²) in [5, 5.41) is 0. The fourth-order valence-corrected chi connectivity index (χ4v) is 4.89. The highest BCUT2D eigenvalue weighted by Gasteiger charge is 2.29. The Balaban J connectivity index is 1.90. The van der Waals surface area contributed by atoms with E-state index in [0.29, 0.717) is 17.8 Å². The molecule has 0 aromatic carbocycles. The second kappa shape index (κ2) is 11.1. The van der Waals surface area contributed by atoms with Crippen LogP contribution < -0.4 is 5.73 Å². The van der Waals surface area contributed by atoms with E-state index in [4.69, 9.17) is 10.7 Å². The van der Waals surface area contributed by atoms with Crippen LogP contribution in [0.4, 0.5) is 0 Å². The minimum absolute atomic E-state index is 0.107. The van der Waals surface area contributed by atoms with Gasteiger partial charge in [0.1, 0.15) is 0 Å². The number of hydrogen-bond donors (Lipinski definition) is 1. The third-order valence-corrected chi connectivity index (χ3v) is 7.33. The lowest BCUT2D eigenvalue weighted by atomic mass is 9.76. The highest BCUT2D eigenvalue weighted by Crippen LogP contribution is 2.40. The smallest absolute Gasteiger partial charge is 0.0580 e. The van der Waals surface area contributed by atoms with E-state index in [1.54, 1.807) is 0 Å². The van der Waals surface area contributed by atoms with Crippen LogP contribution in [0.3, 0.4) is 0 Å². The van der Waals surface area contributed by atoms with Crippen molar-refractivity contribution >= 4 is 12.9 Å². The van der Waals surface area contributed by atoms with Crippen LogP contribution in [0.2, 0.25) is 0 Å². The highest BCUT2D eigenvalue weighted by atomic mass is 14.8. The number of aliphatic imine (C=N–C) groups is 2. The molecule has 1 fully saturated rings. The van der Waals surface area contributed by atoms with E-state index in [1.807, 2.05) is 6.21 Å². The van der Waals surface area contributed by atoms with Crippen LogP contribution in [0.15, 0.2) is 44.6 Å². The number of allylic oxidation sites excluding steroid dienone is 5.